The van der Waals surface area contributed by atoms with Crippen molar-refractivity contribution in [2.75, 3.05) is 13.6 Å². The molecule has 0 aromatic rings. The number of rotatable bonds is 2. The molecule has 1 heterocycles. The monoisotopic (exact) mass is 170 g/mol. The van der Waals surface area contributed by atoms with Crippen molar-refractivity contribution in [2.24, 2.45) is 11.7 Å². The molecule has 0 aliphatic carbocycles. The number of amides is 1. The SMILES string of the molecule is CCC1CC[C@H](C(N)=O)N(C)C1. The summed E-state index contributed by atoms with van der Waals surface area (Å²) in [6.07, 6.45) is 3.29. The number of carbonyl (C=O) groups excluding carboxylic acids is 1. The van der Waals surface area contributed by atoms with Gasteiger partial charge in [-0.25, -0.2) is 0 Å². The Kier molecular flexibility index (Phi) is 3.09. The van der Waals surface area contributed by atoms with E-state index in [0.717, 1.165) is 25.3 Å². The lowest BCUT2D eigenvalue weighted by Gasteiger charge is -2.34. The van der Waals surface area contributed by atoms with Crippen LogP contribution in [0, 0.1) is 5.92 Å². The van der Waals surface area contributed by atoms with Crippen molar-refractivity contribution < 1.29 is 4.79 Å². The fourth-order valence-electron chi connectivity index (χ4n) is 1.93. The number of likely N-dealkylation sites (tertiary alicyclic amines) is 1. The molecule has 1 fully saturated rings. The molecule has 12 heavy (non-hydrogen) atoms. The van der Waals surface area contributed by atoms with E-state index in [0.29, 0.717) is 0 Å². The van der Waals surface area contributed by atoms with Crippen molar-refractivity contribution in [2.45, 2.75) is 32.2 Å². The fraction of sp³-hybridized carbons (Fsp3) is 0.889. The molecule has 1 rings (SSSR count). The summed E-state index contributed by atoms with van der Waals surface area (Å²) in [7, 11) is 1.98. The minimum atomic E-state index is -0.174. The molecule has 1 aliphatic rings. The van der Waals surface area contributed by atoms with Gasteiger partial charge in [0.15, 0.2) is 0 Å². The Labute approximate surface area is 73.9 Å². The first-order valence-electron chi connectivity index (χ1n) is 4.64. The molecular formula is C9H18N2O. The highest BCUT2D eigenvalue weighted by atomic mass is 16.1. The molecule has 2 N–H and O–H groups in total. The van der Waals surface area contributed by atoms with Crippen LogP contribution in [0.1, 0.15) is 26.2 Å². The maximum atomic E-state index is 10.9. The summed E-state index contributed by atoms with van der Waals surface area (Å²) in [6.45, 7) is 3.22. The molecular weight excluding hydrogens is 152 g/mol. The van der Waals surface area contributed by atoms with Gasteiger partial charge in [-0.15, -0.1) is 0 Å². The Bertz CT molecular complexity index is 170. The molecule has 0 bridgehead atoms. The van der Waals surface area contributed by atoms with Gasteiger partial charge in [-0.2, -0.15) is 0 Å². The molecule has 0 aromatic carbocycles. The lowest BCUT2D eigenvalue weighted by Crippen LogP contribution is -2.47. The van der Waals surface area contributed by atoms with Crippen LogP contribution in [0.3, 0.4) is 0 Å². The second-order valence-electron chi connectivity index (χ2n) is 3.71. The summed E-state index contributed by atoms with van der Waals surface area (Å²) >= 11 is 0. The Hall–Kier alpha value is -0.570. The second-order valence-corrected chi connectivity index (χ2v) is 3.71. The number of nitrogens with two attached hydrogens (primary N) is 1. The summed E-state index contributed by atoms with van der Waals surface area (Å²) in [5.74, 6) is 0.581. The van der Waals surface area contributed by atoms with Crippen molar-refractivity contribution in [1.82, 2.24) is 4.90 Å². The normalized spacial score (nSPS) is 31.8. The van der Waals surface area contributed by atoms with E-state index >= 15 is 0 Å². The van der Waals surface area contributed by atoms with Gasteiger partial charge in [0.05, 0.1) is 6.04 Å². The molecule has 1 saturated heterocycles. The van der Waals surface area contributed by atoms with Crippen molar-refractivity contribution in [3.05, 3.63) is 0 Å². The summed E-state index contributed by atoms with van der Waals surface area (Å²) in [5.41, 5.74) is 5.26. The van der Waals surface area contributed by atoms with Gasteiger partial charge < -0.3 is 5.73 Å². The summed E-state index contributed by atoms with van der Waals surface area (Å²) in [4.78, 5) is 13.0. The van der Waals surface area contributed by atoms with Gasteiger partial charge in [0.2, 0.25) is 5.91 Å². The molecule has 1 unspecified atom stereocenters. The Morgan fingerprint density at radius 1 is 1.58 bits per heavy atom. The zero-order chi connectivity index (χ0) is 9.14. The van der Waals surface area contributed by atoms with Crippen molar-refractivity contribution in [1.29, 1.82) is 0 Å². The van der Waals surface area contributed by atoms with Gasteiger partial charge in [0, 0.05) is 6.54 Å². The number of piperidine rings is 1. The van der Waals surface area contributed by atoms with Gasteiger partial charge >= 0.3 is 0 Å². The molecule has 1 amide bonds. The molecule has 3 heteroatoms. The number of hydrogen-bond donors (Lipinski definition) is 1. The van der Waals surface area contributed by atoms with Crippen LogP contribution in [-0.4, -0.2) is 30.4 Å². The van der Waals surface area contributed by atoms with Gasteiger partial charge in [-0.1, -0.05) is 13.3 Å². The number of likely N-dealkylation sites (N-methyl/N-ethyl adjacent to an activating group) is 1. The highest BCUT2D eigenvalue weighted by molar-refractivity contribution is 5.79. The third kappa shape index (κ3) is 1.97. The van der Waals surface area contributed by atoms with E-state index in [2.05, 4.69) is 11.8 Å². The quantitative estimate of drug-likeness (QED) is 0.659. The van der Waals surface area contributed by atoms with E-state index in [1.807, 2.05) is 7.05 Å². The summed E-state index contributed by atoms with van der Waals surface area (Å²) in [6, 6.07) is -0.0206. The minimum Gasteiger partial charge on any atom is -0.368 e. The zero-order valence-electron chi connectivity index (χ0n) is 7.92. The first-order chi connectivity index (χ1) is 5.65. The molecule has 3 nitrogen and oxygen atoms in total. The summed E-state index contributed by atoms with van der Waals surface area (Å²) in [5, 5.41) is 0. The largest absolute Gasteiger partial charge is 0.368 e. The third-order valence-electron chi connectivity index (χ3n) is 2.83. The van der Waals surface area contributed by atoms with Crippen LogP contribution in [0.5, 0.6) is 0 Å². The lowest BCUT2D eigenvalue weighted by atomic mass is 9.91. The maximum absolute atomic E-state index is 10.9. The second kappa shape index (κ2) is 3.90. The number of nitrogens with zero attached hydrogens (tertiary/aromatic N) is 1. The highest BCUT2D eigenvalue weighted by Crippen LogP contribution is 2.22. The van der Waals surface area contributed by atoms with Gasteiger partial charge in [0.25, 0.3) is 0 Å². The van der Waals surface area contributed by atoms with Gasteiger partial charge in [0.1, 0.15) is 0 Å². The predicted molar refractivity (Wildman–Crippen MR) is 48.6 cm³/mol. The highest BCUT2D eigenvalue weighted by Gasteiger charge is 2.27. The van der Waals surface area contributed by atoms with Crippen LogP contribution in [-0.2, 0) is 4.79 Å². The van der Waals surface area contributed by atoms with Crippen molar-refractivity contribution >= 4 is 5.91 Å². The average Bonchev–Trinajstić information content (AvgIpc) is 2.03. The van der Waals surface area contributed by atoms with Crippen molar-refractivity contribution in [3.63, 3.8) is 0 Å². The zero-order valence-corrected chi connectivity index (χ0v) is 7.92. The van der Waals surface area contributed by atoms with E-state index in [1.54, 1.807) is 0 Å². The summed E-state index contributed by atoms with van der Waals surface area (Å²) < 4.78 is 0. The number of hydrogen-bond acceptors (Lipinski definition) is 2. The van der Waals surface area contributed by atoms with E-state index in [9.17, 15) is 4.79 Å². The number of primary amides is 1. The standard InChI is InChI=1S/C9H18N2O/c1-3-7-4-5-8(9(10)12)11(2)6-7/h7-8H,3-6H2,1-2H3,(H2,10,12)/t7?,8-/m1/s1. The molecule has 0 saturated carbocycles. The van der Waals surface area contributed by atoms with Crippen LogP contribution in [0.2, 0.25) is 0 Å². The van der Waals surface area contributed by atoms with Crippen LogP contribution >= 0.6 is 0 Å². The van der Waals surface area contributed by atoms with Crippen LogP contribution in [0.25, 0.3) is 0 Å². The molecule has 2 atom stereocenters. The van der Waals surface area contributed by atoms with Crippen LogP contribution < -0.4 is 5.73 Å². The topological polar surface area (TPSA) is 46.3 Å². The minimum absolute atomic E-state index is 0.0206. The molecule has 70 valence electrons. The van der Waals surface area contributed by atoms with Crippen LogP contribution in [0.4, 0.5) is 0 Å². The lowest BCUT2D eigenvalue weighted by molar-refractivity contribution is -0.124. The van der Waals surface area contributed by atoms with Gasteiger partial charge in [-0.3, -0.25) is 9.69 Å². The average molecular weight is 170 g/mol. The predicted octanol–water partition coefficient (Wildman–Crippen LogP) is 0.592. The molecule has 1 aliphatic heterocycles. The number of carbonyl (C=O) groups is 1. The smallest absolute Gasteiger partial charge is 0.234 e. The van der Waals surface area contributed by atoms with E-state index in [1.165, 1.54) is 6.42 Å². The van der Waals surface area contributed by atoms with E-state index in [4.69, 9.17) is 5.73 Å². The third-order valence-corrected chi connectivity index (χ3v) is 2.83. The fourth-order valence-corrected chi connectivity index (χ4v) is 1.93. The molecule has 0 radical (unpaired) electrons. The Morgan fingerprint density at radius 2 is 2.25 bits per heavy atom. The Balaban J connectivity index is 2.47. The molecule has 0 aromatic heterocycles. The maximum Gasteiger partial charge on any atom is 0.234 e. The van der Waals surface area contributed by atoms with E-state index < -0.39 is 0 Å². The first kappa shape index (κ1) is 9.52. The van der Waals surface area contributed by atoms with Gasteiger partial charge in [-0.05, 0) is 25.8 Å². The first-order valence-corrected chi connectivity index (χ1v) is 4.64. The van der Waals surface area contributed by atoms with Crippen molar-refractivity contribution in [3.8, 4) is 0 Å². The molecule has 0 spiro atoms. The Morgan fingerprint density at radius 3 is 2.67 bits per heavy atom. The van der Waals surface area contributed by atoms with E-state index in [-0.39, 0.29) is 11.9 Å². The van der Waals surface area contributed by atoms with Crippen LogP contribution in [0.15, 0.2) is 0 Å².